The normalized spacial score (nSPS) is 23.8. The van der Waals surface area contributed by atoms with Crippen molar-refractivity contribution in [1.29, 1.82) is 0 Å². The lowest BCUT2D eigenvalue weighted by Gasteiger charge is -2.36. The fraction of sp³-hybridized carbons (Fsp3) is 0.600. The Kier molecular flexibility index (Phi) is 6.41. The largest absolute Gasteiger partial charge is 0.460 e. The molecule has 1 aromatic carbocycles. The van der Waals surface area contributed by atoms with Crippen LogP contribution < -0.4 is 0 Å². The molecule has 0 amide bonds. The molecule has 1 aromatic rings. The molecule has 0 radical (unpaired) electrons. The highest BCUT2D eigenvalue weighted by Gasteiger charge is 2.33. The number of hydrogen-bond acceptors (Lipinski definition) is 4. The Bertz CT molecular complexity index is 579. The quantitative estimate of drug-likeness (QED) is 0.760. The number of aryl methyl sites for hydroxylation is 1. The smallest absolute Gasteiger partial charge is 0.344 e. The van der Waals surface area contributed by atoms with Crippen molar-refractivity contribution in [2.75, 3.05) is 6.61 Å². The van der Waals surface area contributed by atoms with E-state index < -0.39 is 11.9 Å². The van der Waals surface area contributed by atoms with E-state index in [1.165, 1.54) is 6.42 Å². The minimum atomic E-state index is -0.493. The first-order chi connectivity index (χ1) is 11.4. The van der Waals surface area contributed by atoms with Crippen LogP contribution in [0.1, 0.15) is 56.0 Å². The van der Waals surface area contributed by atoms with Crippen LogP contribution in [0.5, 0.6) is 0 Å². The molecule has 1 fully saturated rings. The summed E-state index contributed by atoms with van der Waals surface area (Å²) in [5.41, 5.74) is 1.43. The molecule has 3 atom stereocenters. The van der Waals surface area contributed by atoms with Gasteiger partial charge in [0.05, 0.1) is 5.56 Å². The Morgan fingerprint density at radius 3 is 2.67 bits per heavy atom. The van der Waals surface area contributed by atoms with Gasteiger partial charge in [0.15, 0.2) is 6.61 Å². The number of benzene rings is 1. The van der Waals surface area contributed by atoms with Crippen molar-refractivity contribution in [3.63, 3.8) is 0 Å². The highest BCUT2D eigenvalue weighted by Crippen LogP contribution is 2.35. The molecule has 4 nitrogen and oxygen atoms in total. The van der Waals surface area contributed by atoms with E-state index in [2.05, 4.69) is 20.8 Å². The number of rotatable bonds is 5. The van der Waals surface area contributed by atoms with Gasteiger partial charge in [0.25, 0.3) is 0 Å². The molecule has 0 saturated heterocycles. The Morgan fingerprint density at radius 2 is 2.00 bits per heavy atom. The van der Waals surface area contributed by atoms with Gasteiger partial charge >= 0.3 is 11.9 Å². The molecule has 4 heteroatoms. The molecule has 1 aliphatic rings. The fourth-order valence-corrected chi connectivity index (χ4v) is 3.43. The van der Waals surface area contributed by atoms with Crippen LogP contribution in [-0.2, 0) is 14.3 Å². The average Bonchev–Trinajstić information content (AvgIpc) is 2.52. The second-order valence-corrected chi connectivity index (χ2v) is 7.30. The van der Waals surface area contributed by atoms with Crippen LogP contribution in [-0.4, -0.2) is 24.6 Å². The fourth-order valence-electron chi connectivity index (χ4n) is 3.43. The van der Waals surface area contributed by atoms with Crippen LogP contribution in [0.3, 0.4) is 0 Å². The Labute approximate surface area is 144 Å². The summed E-state index contributed by atoms with van der Waals surface area (Å²) in [7, 11) is 0. The molecule has 0 N–H and O–H groups in total. The lowest BCUT2D eigenvalue weighted by Crippen LogP contribution is -2.36. The number of carbonyl (C=O) groups excluding carboxylic acids is 2. The van der Waals surface area contributed by atoms with E-state index in [9.17, 15) is 9.59 Å². The Morgan fingerprint density at radius 1 is 1.25 bits per heavy atom. The zero-order valence-corrected chi connectivity index (χ0v) is 15.1. The lowest BCUT2D eigenvalue weighted by molar-refractivity contribution is -0.159. The minimum Gasteiger partial charge on any atom is -0.460 e. The summed E-state index contributed by atoms with van der Waals surface area (Å²) in [6.07, 6.45) is 3.08. The van der Waals surface area contributed by atoms with Crippen molar-refractivity contribution in [3.05, 3.63) is 35.4 Å². The van der Waals surface area contributed by atoms with Crippen LogP contribution in [0.2, 0.25) is 0 Å². The summed E-state index contributed by atoms with van der Waals surface area (Å²) in [5.74, 6) is 0.476. The third-order valence-corrected chi connectivity index (χ3v) is 4.82. The highest BCUT2D eigenvalue weighted by molar-refractivity contribution is 5.90. The van der Waals surface area contributed by atoms with E-state index in [0.717, 1.165) is 18.4 Å². The van der Waals surface area contributed by atoms with E-state index in [1.807, 2.05) is 13.0 Å². The van der Waals surface area contributed by atoms with Crippen LogP contribution in [0, 0.1) is 24.7 Å². The zero-order valence-electron chi connectivity index (χ0n) is 15.1. The third kappa shape index (κ3) is 5.08. The maximum Gasteiger partial charge on any atom is 0.344 e. The van der Waals surface area contributed by atoms with E-state index >= 15 is 0 Å². The maximum absolute atomic E-state index is 12.1. The van der Waals surface area contributed by atoms with Crippen molar-refractivity contribution >= 4 is 11.9 Å². The van der Waals surface area contributed by atoms with Gasteiger partial charge in [-0.2, -0.15) is 0 Å². The molecule has 1 aliphatic carbocycles. The van der Waals surface area contributed by atoms with Gasteiger partial charge in [-0.15, -0.1) is 0 Å². The number of esters is 2. The van der Waals surface area contributed by atoms with Crippen molar-refractivity contribution in [3.8, 4) is 0 Å². The lowest BCUT2D eigenvalue weighted by atomic mass is 9.75. The number of ether oxygens (including phenoxy) is 2. The predicted molar refractivity (Wildman–Crippen MR) is 92.7 cm³/mol. The topological polar surface area (TPSA) is 52.6 Å². The van der Waals surface area contributed by atoms with Gasteiger partial charge in [-0.25, -0.2) is 9.59 Å². The summed E-state index contributed by atoms with van der Waals surface area (Å²) in [5, 5.41) is 0. The van der Waals surface area contributed by atoms with Gasteiger partial charge in [-0.05, 0) is 49.7 Å². The Hall–Kier alpha value is -1.84. The van der Waals surface area contributed by atoms with Gasteiger partial charge < -0.3 is 9.47 Å². The maximum atomic E-state index is 12.1. The van der Waals surface area contributed by atoms with Crippen LogP contribution in [0.4, 0.5) is 0 Å². The monoisotopic (exact) mass is 332 g/mol. The first-order valence-electron chi connectivity index (χ1n) is 8.80. The molecule has 0 bridgehead atoms. The molecule has 132 valence electrons. The SMILES string of the molecule is Cc1cccc(C(=O)OCC(=O)O[C@@H]2C[C@@H](C)CC[C@@H]2C(C)C)c1. The van der Waals surface area contributed by atoms with Gasteiger partial charge in [0, 0.05) is 0 Å². The second kappa shape index (κ2) is 8.32. The van der Waals surface area contributed by atoms with Crippen molar-refractivity contribution in [2.24, 2.45) is 17.8 Å². The van der Waals surface area contributed by atoms with Gasteiger partial charge in [-0.3, -0.25) is 0 Å². The summed E-state index contributed by atoms with van der Waals surface area (Å²) in [4.78, 5) is 24.1. The van der Waals surface area contributed by atoms with Gasteiger partial charge in [0.2, 0.25) is 0 Å². The molecule has 0 aliphatic heterocycles. The number of hydrogen-bond donors (Lipinski definition) is 0. The first kappa shape index (κ1) is 18.5. The van der Waals surface area contributed by atoms with Gasteiger partial charge in [-0.1, -0.05) is 44.9 Å². The summed E-state index contributed by atoms with van der Waals surface area (Å²) in [6, 6.07) is 7.12. The molecular formula is C20H28O4. The molecule has 1 saturated carbocycles. The predicted octanol–water partition coefficient (Wildman–Crippen LogP) is 4.16. The highest BCUT2D eigenvalue weighted by atomic mass is 16.6. The van der Waals surface area contributed by atoms with E-state index in [4.69, 9.17) is 9.47 Å². The summed E-state index contributed by atoms with van der Waals surface area (Å²) >= 11 is 0. The number of carbonyl (C=O) groups is 2. The Balaban J connectivity index is 1.86. The third-order valence-electron chi connectivity index (χ3n) is 4.82. The van der Waals surface area contributed by atoms with Crippen molar-refractivity contribution in [1.82, 2.24) is 0 Å². The van der Waals surface area contributed by atoms with Crippen LogP contribution in [0.15, 0.2) is 24.3 Å². The van der Waals surface area contributed by atoms with Crippen molar-refractivity contribution in [2.45, 2.75) is 53.1 Å². The summed E-state index contributed by atoms with van der Waals surface area (Å²) < 4.78 is 10.7. The van der Waals surface area contributed by atoms with E-state index in [1.54, 1.807) is 18.2 Å². The molecule has 0 aromatic heterocycles. The molecule has 0 heterocycles. The second-order valence-electron chi connectivity index (χ2n) is 7.30. The first-order valence-corrected chi connectivity index (χ1v) is 8.80. The molecule has 2 rings (SSSR count). The van der Waals surface area contributed by atoms with Crippen LogP contribution in [0.25, 0.3) is 0 Å². The zero-order chi connectivity index (χ0) is 17.7. The van der Waals surface area contributed by atoms with E-state index in [-0.39, 0.29) is 12.7 Å². The molecular weight excluding hydrogens is 304 g/mol. The summed E-state index contributed by atoms with van der Waals surface area (Å²) in [6.45, 7) is 8.09. The molecule has 0 unspecified atom stereocenters. The molecule has 0 spiro atoms. The average molecular weight is 332 g/mol. The minimum absolute atomic E-state index is 0.0704. The van der Waals surface area contributed by atoms with E-state index in [0.29, 0.717) is 23.3 Å². The van der Waals surface area contributed by atoms with Crippen LogP contribution >= 0.6 is 0 Å². The standard InChI is InChI=1S/C20H28O4/c1-13(2)17-9-8-15(4)11-18(17)24-19(21)12-23-20(22)16-7-5-6-14(3)10-16/h5-7,10,13,15,17-18H,8-9,11-12H2,1-4H3/t15-,17+,18+/m0/s1. The van der Waals surface area contributed by atoms with Gasteiger partial charge in [0.1, 0.15) is 6.10 Å². The van der Waals surface area contributed by atoms with Crippen molar-refractivity contribution < 1.29 is 19.1 Å². The molecule has 24 heavy (non-hydrogen) atoms.